The van der Waals surface area contributed by atoms with Gasteiger partial charge >= 0.3 is 0 Å². The predicted octanol–water partition coefficient (Wildman–Crippen LogP) is 5.04. The maximum absolute atomic E-state index is 8.97. The van der Waals surface area contributed by atoms with Crippen molar-refractivity contribution in [1.82, 2.24) is 5.48 Å². The van der Waals surface area contributed by atoms with E-state index in [1.54, 1.807) is 0 Å². The molecule has 2 N–H and O–H groups in total. The van der Waals surface area contributed by atoms with E-state index in [1.807, 2.05) is 24.3 Å². The van der Waals surface area contributed by atoms with Crippen LogP contribution in [0.1, 0.15) is 39.5 Å². The minimum atomic E-state index is -0.0614. The Kier molecular flexibility index (Phi) is 5.05. The van der Waals surface area contributed by atoms with Crippen LogP contribution in [0.5, 0.6) is 0 Å². The van der Waals surface area contributed by atoms with Crippen LogP contribution in [0.2, 0.25) is 0 Å². The first kappa shape index (κ1) is 17.5. The van der Waals surface area contributed by atoms with Crippen LogP contribution in [-0.2, 0) is 24.2 Å². The van der Waals surface area contributed by atoms with Gasteiger partial charge in [0.25, 0.3) is 0 Å². The number of aryl methyl sites for hydroxylation is 2. The molecule has 1 aliphatic rings. The van der Waals surface area contributed by atoms with Crippen LogP contribution in [0.3, 0.4) is 0 Å². The van der Waals surface area contributed by atoms with Crippen molar-refractivity contribution < 1.29 is 9.94 Å². The van der Waals surface area contributed by atoms with Crippen molar-refractivity contribution >= 4 is 5.70 Å². The fraction of sp³-hybridized carbons (Fsp3) is 0.167. The minimum absolute atomic E-state index is 0.0614. The molecule has 136 valence electrons. The molecule has 0 saturated heterocycles. The SMILES string of the molecule is C=C(NO)c1ccc(COC2c3ccccc3CCc3ccccc32)cc1. The lowest BCUT2D eigenvalue weighted by Crippen LogP contribution is -2.09. The third-order valence-corrected chi connectivity index (χ3v) is 5.19. The van der Waals surface area contributed by atoms with Crippen LogP contribution in [0.15, 0.2) is 79.4 Å². The Morgan fingerprint density at radius 2 is 1.44 bits per heavy atom. The van der Waals surface area contributed by atoms with E-state index in [0.717, 1.165) is 24.0 Å². The topological polar surface area (TPSA) is 41.5 Å². The molecule has 3 heteroatoms. The zero-order valence-corrected chi connectivity index (χ0v) is 15.2. The standard InChI is InChI=1S/C24H23NO2/c1-17(25-26)19-12-10-18(11-13-19)16-27-24-22-8-4-2-6-20(22)14-15-21-7-3-5-9-23(21)24/h2-13,24-26H,1,14-16H2. The van der Waals surface area contributed by atoms with Gasteiger partial charge in [-0.1, -0.05) is 79.4 Å². The highest BCUT2D eigenvalue weighted by atomic mass is 16.5. The maximum atomic E-state index is 8.97. The van der Waals surface area contributed by atoms with Crippen LogP contribution < -0.4 is 5.48 Å². The van der Waals surface area contributed by atoms with Gasteiger partial charge in [-0.3, -0.25) is 10.7 Å². The second kappa shape index (κ2) is 7.78. The van der Waals surface area contributed by atoms with Gasteiger partial charge in [0.2, 0.25) is 0 Å². The molecule has 0 bridgehead atoms. The lowest BCUT2D eigenvalue weighted by atomic mass is 9.97. The van der Waals surface area contributed by atoms with Crippen molar-refractivity contribution in [2.45, 2.75) is 25.6 Å². The van der Waals surface area contributed by atoms with E-state index < -0.39 is 0 Å². The zero-order valence-electron chi connectivity index (χ0n) is 15.2. The number of rotatable bonds is 5. The number of hydrogen-bond acceptors (Lipinski definition) is 3. The van der Waals surface area contributed by atoms with Gasteiger partial charge in [-0.15, -0.1) is 0 Å². The summed E-state index contributed by atoms with van der Waals surface area (Å²) < 4.78 is 6.44. The smallest absolute Gasteiger partial charge is 0.109 e. The number of benzene rings is 3. The van der Waals surface area contributed by atoms with E-state index in [4.69, 9.17) is 9.94 Å². The van der Waals surface area contributed by atoms with Crippen LogP contribution in [0, 0.1) is 0 Å². The van der Waals surface area contributed by atoms with Gasteiger partial charge < -0.3 is 4.74 Å². The first-order valence-corrected chi connectivity index (χ1v) is 9.22. The molecule has 0 atom stereocenters. The van der Waals surface area contributed by atoms with Gasteiger partial charge in [0, 0.05) is 0 Å². The average Bonchev–Trinajstić information content (AvgIpc) is 2.89. The molecule has 0 heterocycles. The summed E-state index contributed by atoms with van der Waals surface area (Å²) in [4.78, 5) is 0. The fourth-order valence-electron chi connectivity index (χ4n) is 3.70. The van der Waals surface area contributed by atoms with E-state index in [1.165, 1.54) is 22.3 Å². The Morgan fingerprint density at radius 1 is 0.889 bits per heavy atom. The molecule has 0 amide bonds. The molecule has 3 aromatic rings. The molecule has 27 heavy (non-hydrogen) atoms. The third kappa shape index (κ3) is 3.65. The van der Waals surface area contributed by atoms with E-state index in [9.17, 15) is 0 Å². The van der Waals surface area contributed by atoms with Gasteiger partial charge in [-0.05, 0) is 46.2 Å². The molecule has 0 aliphatic heterocycles. The molecular weight excluding hydrogens is 334 g/mol. The molecule has 0 unspecified atom stereocenters. The Balaban J connectivity index is 1.60. The zero-order chi connectivity index (χ0) is 18.6. The van der Waals surface area contributed by atoms with Gasteiger partial charge in [-0.25, -0.2) is 0 Å². The fourth-order valence-corrected chi connectivity index (χ4v) is 3.70. The molecule has 0 spiro atoms. The highest BCUT2D eigenvalue weighted by Gasteiger charge is 2.23. The van der Waals surface area contributed by atoms with Crippen molar-refractivity contribution in [3.05, 3.63) is 113 Å². The number of ether oxygens (including phenoxy) is 1. The lowest BCUT2D eigenvalue weighted by Gasteiger charge is -2.21. The number of hydrogen-bond donors (Lipinski definition) is 2. The monoisotopic (exact) mass is 357 g/mol. The number of hydroxylamine groups is 1. The summed E-state index contributed by atoms with van der Waals surface area (Å²) in [5.74, 6) is 0. The molecule has 0 aromatic heterocycles. The molecule has 1 aliphatic carbocycles. The van der Waals surface area contributed by atoms with Gasteiger partial charge in [0.05, 0.1) is 12.3 Å². The summed E-state index contributed by atoms with van der Waals surface area (Å²) in [5, 5.41) is 8.97. The first-order chi connectivity index (χ1) is 13.3. The van der Waals surface area contributed by atoms with Crippen molar-refractivity contribution in [3.63, 3.8) is 0 Å². The number of fused-ring (bicyclic) bond motifs is 2. The van der Waals surface area contributed by atoms with Crippen molar-refractivity contribution in [1.29, 1.82) is 0 Å². The molecule has 0 radical (unpaired) electrons. The van der Waals surface area contributed by atoms with Gasteiger partial charge in [0.1, 0.15) is 6.10 Å². The Bertz CT molecular complexity index is 899. The molecular formula is C24H23NO2. The predicted molar refractivity (Wildman–Crippen MR) is 107 cm³/mol. The van der Waals surface area contributed by atoms with Crippen LogP contribution in [0.4, 0.5) is 0 Å². The van der Waals surface area contributed by atoms with Gasteiger partial charge in [-0.2, -0.15) is 0 Å². The lowest BCUT2D eigenvalue weighted by molar-refractivity contribution is 0.0663. The van der Waals surface area contributed by atoms with Crippen LogP contribution in [-0.4, -0.2) is 5.21 Å². The molecule has 0 fully saturated rings. The summed E-state index contributed by atoms with van der Waals surface area (Å²) in [7, 11) is 0. The Labute approximate surface area is 159 Å². The van der Waals surface area contributed by atoms with Crippen LogP contribution in [0.25, 0.3) is 5.70 Å². The third-order valence-electron chi connectivity index (χ3n) is 5.19. The molecule has 0 saturated carbocycles. The largest absolute Gasteiger partial charge is 0.364 e. The van der Waals surface area contributed by atoms with E-state index in [0.29, 0.717) is 12.3 Å². The second-order valence-electron chi connectivity index (χ2n) is 6.88. The van der Waals surface area contributed by atoms with Crippen LogP contribution >= 0.6 is 0 Å². The average molecular weight is 357 g/mol. The summed E-state index contributed by atoms with van der Waals surface area (Å²) in [6.45, 7) is 4.28. The number of nitrogens with one attached hydrogen (secondary N) is 1. The molecule has 3 aromatic carbocycles. The normalized spacial score (nSPS) is 13.4. The van der Waals surface area contributed by atoms with Crippen molar-refractivity contribution in [3.8, 4) is 0 Å². The Morgan fingerprint density at radius 3 is 2.00 bits per heavy atom. The highest BCUT2D eigenvalue weighted by Crippen LogP contribution is 2.35. The molecule has 3 nitrogen and oxygen atoms in total. The Hall–Kier alpha value is -2.88. The second-order valence-corrected chi connectivity index (χ2v) is 6.88. The van der Waals surface area contributed by atoms with Gasteiger partial charge in [0.15, 0.2) is 0 Å². The first-order valence-electron chi connectivity index (χ1n) is 9.22. The summed E-state index contributed by atoms with van der Waals surface area (Å²) in [5.41, 5.74) is 9.75. The van der Waals surface area contributed by atoms with E-state index in [2.05, 4.69) is 60.6 Å². The summed E-state index contributed by atoms with van der Waals surface area (Å²) in [6, 6.07) is 25.0. The maximum Gasteiger partial charge on any atom is 0.109 e. The quantitative estimate of drug-likeness (QED) is 0.629. The minimum Gasteiger partial charge on any atom is -0.364 e. The summed E-state index contributed by atoms with van der Waals surface area (Å²) >= 11 is 0. The van der Waals surface area contributed by atoms with Crippen molar-refractivity contribution in [2.24, 2.45) is 0 Å². The summed E-state index contributed by atoms with van der Waals surface area (Å²) in [6.07, 6.45) is 2.02. The van der Waals surface area contributed by atoms with Crippen molar-refractivity contribution in [2.75, 3.05) is 0 Å². The highest BCUT2D eigenvalue weighted by molar-refractivity contribution is 5.60. The van der Waals surface area contributed by atoms with E-state index >= 15 is 0 Å². The molecule has 4 rings (SSSR count). The van der Waals surface area contributed by atoms with E-state index in [-0.39, 0.29) is 6.10 Å².